The summed E-state index contributed by atoms with van der Waals surface area (Å²) >= 11 is 0. The van der Waals surface area contributed by atoms with Gasteiger partial charge < -0.3 is 9.80 Å². The molecule has 3 heteroatoms. The van der Waals surface area contributed by atoms with Crippen LogP contribution in [0.4, 0.5) is 11.4 Å². The van der Waals surface area contributed by atoms with Gasteiger partial charge in [0, 0.05) is 38.6 Å². The Morgan fingerprint density at radius 1 is 0.426 bits per heavy atom. The Morgan fingerprint density at radius 2 is 0.787 bits per heavy atom. The molecular formula is C44H32N2Pt+2. The van der Waals surface area contributed by atoms with Gasteiger partial charge in [-0.25, -0.2) is 0 Å². The molecule has 226 valence electrons. The van der Waals surface area contributed by atoms with Gasteiger partial charge in [-0.05, 0) is 22.9 Å². The molecule has 0 radical (unpaired) electrons. The second-order valence-electron chi connectivity index (χ2n) is 12.6. The van der Waals surface area contributed by atoms with Crippen LogP contribution in [-0.2, 0) is 34.2 Å². The van der Waals surface area contributed by atoms with E-state index in [1.165, 1.54) is 65.6 Å². The van der Waals surface area contributed by atoms with Gasteiger partial charge in [-0.15, -0.1) is 68.1 Å². The Hall–Kier alpha value is -4.91. The molecule has 8 aromatic rings. The van der Waals surface area contributed by atoms with Crippen molar-refractivity contribution in [3.05, 3.63) is 157 Å². The number of anilines is 2. The Balaban J connectivity index is 0.00000324. The second-order valence-corrected chi connectivity index (χ2v) is 12.6. The van der Waals surface area contributed by atoms with Crippen LogP contribution >= 0.6 is 0 Å². The summed E-state index contributed by atoms with van der Waals surface area (Å²) in [5, 5.41) is 9.85. The molecule has 2 nitrogen and oxygen atoms in total. The predicted octanol–water partition coefficient (Wildman–Crippen LogP) is 10.8. The van der Waals surface area contributed by atoms with Crippen LogP contribution < -0.4 is 9.80 Å². The minimum absolute atomic E-state index is 0. The van der Waals surface area contributed by atoms with Gasteiger partial charge in [-0.2, -0.15) is 0 Å². The van der Waals surface area contributed by atoms with Crippen molar-refractivity contribution in [2.45, 2.75) is 13.1 Å². The fraction of sp³-hybridized carbons (Fsp3) is 0.0909. The van der Waals surface area contributed by atoms with Crippen molar-refractivity contribution in [3.8, 4) is 22.3 Å². The normalized spacial score (nSPS) is 12.9. The van der Waals surface area contributed by atoms with E-state index in [0.29, 0.717) is 0 Å². The molecule has 0 atom stereocenters. The second kappa shape index (κ2) is 11.7. The molecule has 0 spiro atoms. The quantitative estimate of drug-likeness (QED) is 0.141. The standard InChI is InChI=1S/C44H32N2.Pt/c1-45-27-29-23-33-13-5-8-16-36(33)40(25-29)44-38-18-10-4-12-32(38)20-22-42(44)46(2)28-30-24-34-14-6-7-15-35(34)39(26-30)43-37-17-9-3-11-31(37)19-21-41(43)45;/h3-24H,27-28H2,1-2H3;/q-2;+4. The van der Waals surface area contributed by atoms with Gasteiger partial charge in [-0.1, -0.05) is 131 Å². The van der Waals surface area contributed by atoms with Gasteiger partial charge in [0.05, 0.1) is 0 Å². The van der Waals surface area contributed by atoms with Gasteiger partial charge in [0.25, 0.3) is 0 Å². The first-order valence-corrected chi connectivity index (χ1v) is 16.0. The van der Waals surface area contributed by atoms with Gasteiger partial charge in [-0.3, -0.25) is 0 Å². The summed E-state index contributed by atoms with van der Waals surface area (Å²) in [5.41, 5.74) is 9.47. The van der Waals surface area contributed by atoms with E-state index in [4.69, 9.17) is 0 Å². The molecule has 0 unspecified atom stereocenters. The van der Waals surface area contributed by atoms with Gasteiger partial charge in [0.2, 0.25) is 0 Å². The smallest absolute Gasteiger partial charge is 0.379 e. The molecule has 0 fully saturated rings. The monoisotopic (exact) mass is 783 g/mol. The molecule has 0 aliphatic carbocycles. The maximum Gasteiger partial charge on any atom is 4.00 e. The molecule has 1 aliphatic rings. The summed E-state index contributed by atoms with van der Waals surface area (Å²) in [6, 6.07) is 56.7. The maximum absolute atomic E-state index is 3.97. The van der Waals surface area contributed by atoms with Crippen LogP contribution in [0.2, 0.25) is 0 Å². The molecule has 47 heavy (non-hydrogen) atoms. The summed E-state index contributed by atoms with van der Waals surface area (Å²) in [4.78, 5) is 4.78. The zero-order valence-electron chi connectivity index (χ0n) is 26.3. The Labute approximate surface area is 290 Å². The van der Waals surface area contributed by atoms with Crippen LogP contribution in [-0.4, -0.2) is 14.1 Å². The van der Waals surface area contributed by atoms with Crippen molar-refractivity contribution >= 4 is 54.5 Å². The number of rotatable bonds is 0. The molecule has 0 amide bonds. The Morgan fingerprint density at radius 3 is 1.21 bits per heavy atom. The average Bonchev–Trinajstić information content (AvgIpc) is 3.09. The first kappa shape index (κ1) is 29.5. The van der Waals surface area contributed by atoms with Crippen molar-refractivity contribution in [1.29, 1.82) is 0 Å². The van der Waals surface area contributed by atoms with Crippen molar-refractivity contribution in [1.82, 2.24) is 0 Å². The van der Waals surface area contributed by atoms with E-state index in [0.717, 1.165) is 35.3 Å². The largest absolute Gasteiger partial charge is 4.00 e. The summed E-state index contributed by atoms with van der Waals surface area (Å²) in [5.74, 6) is 0. The zero-order valence-corrected chi connectivity index (χ0v) is 28.6. The van der Waals surface area contributed by atoms with E-state index >= 15 is 0 Å². The SMILES string of the molecule is CN1Cc2[c-]c(c3ccccc3c2)-c2c(ccc3ccccc23)N(C)Cc2[c-]c(c3ccccc3c2)-c2c1ccc1ccccc21.[Pt+4]. The minimum Gasteiger partial charge on any atom is -0.379 e. The predicted molar refractivity (Wildman–Crippen MR) is 196 cm³/mol. The van der Waals surface area contributed by atoms with Crippen molar-refractivity contribution in [2.75, 3.05) is 23.9 Å². The molecule has 1 aliphatic heterocycles. The Bertz CT molecular complexity index is 2310. The molecule has 0 saturated heterocycles. The number of benzene rings is 8. The zero-order chi connectivity index (χ0) is 30.8. The third kappa shape index (κ3) is 4.91. The number of hydrogen-bond donors (Lipinski definition) is 0. The molecule has 0 N–H and O–H groups in total. The van der Waals surface area contributed by atoms with Crippen molar-refractivity contribution in [2.24, 2.45) is 0 Å². The van der Waals surface area contributed by atoms with Crippen molar-refractivity contribution in [3.63, 3.8) is 0 Å². The topological polar surface area (TPSA) is 6.48 Å². The van der Waals surface area contributed by atoms with E-state index in [9.17, 15) is 0 Å². The Kier molecular flexibility index (Phi) is 7.35. The molecular weight excluding hydrogens is 752 g/mol. The van der Waals surface area contributed by atoms with E-state index in [1.54, 1.807) is 0 Å². The van der Waals surface area contributed by atoms with Gasteiger partial charge >= 0.3 is 21.1 Å². The number of fused-ring (bicyclic) bond motifs is 16. The fourth-order valence-electron chi connectivity index (χ4n) is 7.53. The van der Waals surface area contributed by atoms with E-state index < -0.39 is 0 Å². The summed E-state index contributed by atoms with van der Waals surface area (Å²) in [7, 11) is 4.43. The molecule has 1 heterocycles. The molecule has 0 saturated carbocycles. The van der Waals surface area contributed by atoms with Crippen LogP contribution in [0.15, 0.2) is 133 Å². The van der Waals surface area contributed by atoms with E-state index in [1.807, 2.05) is 0 Å². The maximum atomic E-state index is 3.97. The molecule has 0 aromatic heterocycles. The van der Waals surface area contributed by atoms with Crippen LogP contribution in [0.3, 0.4) is 0 Å². The van der Waals surface area contributed by atoms with Gasteiger partial charge in [0.15, 0.2) is 0 Å². The summed E-state index contributed by atoms with van der Waals surface area (Å²) in [6.07, 6.45) is 0. The van der Waals surface area contributed by atoms with E-state index in [-0.39, 0.29) is 21.1 Å². The number of hydrogen-bond acceptors (Lipinski definition) is 2. The van der Waals surface area contributed by atoms with Gasteiger partial charge in [0.1, 0.15) is 0 Å². The molecule has 9 rings (SSSR count). The number of nitrogens with zero attached hydrogens (tertiary/aromatic N) is 2. The third-order valence-electron chi connectivity index (χ3n) is 9.64. The molecule has 8 aromatic carbocycles. The molecule has 4 bridgehead atoms. The first-order valence-electron chi connectivity index (χ1n) is 16.0. The summed E-state index contributed by atoms with van der Waals surface area (Å²) in [6.45, 7) is 1.44. The fourth-order valence-corrected chi connectivity index (χ4v) is 7.53. The van der Waals surface area contributed by atoms with Crippen LogP contribution in [0.1, 0.15) is 11.1 Å². The van der Waals surface area contributed by atoms with Crippen LogP contribution in [0.25, 0.3) is 65.3 Å². The van der Waals surface area contributed by atoms with Crippen LogP contribution in [0.5, 0.6) is 0 Å². The third-order valence-corrected chi connectivity index (χ3v) is 9.64. The van der Waals surface area contributed by atoms with E-state index in [2.05, 4.69) is 169 Å². The van der Waals surface area contributed by atoms with Crippen LogP contribution in [0, 0.1) is 12.1 Å². The first-order chi connectivity index (χ1) is 22.6. The minimum atomic E-state index is 0. The van der Waals surface area contributed by atoms with Crippen molar-refractivity contribution < 1.29 is 21.1 Å². The summed E-state index contributed by atoms with van der Waals surface area (Å²) < 4.78 is 0. The average molecular weight is 784 g/mol.